The molecule has 6 rings (SSSR count). The van der Waals surface area contributed by atoms with Crippen molar-refractivity contribution < 1.29 is 24.2 Å². The Balaban J connectivity index is 1.58. The molecule has 2 aliphatic heterocycles. The molecule has 1 unspecified atom stereocenters. The van der Waals surface area contributed by atoms with Gasteiger partial charge in [-0.1, -0.05) is 42.5 Å². The van der Waals surface area contributed by atoms with Crippen LogP contribution in [0.1, 0.15) is 17.2 Å². The number of nitrogens with zero attached hydrogens (tertiary/aromatic N) is 2. The van der Waals surface area contributed by atoms with Gasteiger partial charge in [0.1, 0.15) is 23.9 Å². The number of hydrogen-bond acceptors (Lipinski definition) is 6. The molecule has 2 heterocycles. The van der Waals surface area contributed by atoms with E-state index < -0.39 is 17.7 Å². The van der Waals surface area contributed by atoms with Gasteiger partial charge in [-0.3, -0.25) is 14.5 Å². The quantitative estimate of drug-likeness (QED) is 0.230. The Kier molecular flexibility index (Phi) is 5.76. The fraction of sp³-hybridized carbons (Fsp3) is 0.161. The molecule has 1 fully saturated rings. The zero-order valence-electron chi connectivity index (χ0n) is 21.0. The molecule has 2 aliphatic rings. The van der Waals surface area contributed by atoms with Crippen molar-refractivity contribution in [1.29, 1.82) is 0 Å². The molecule has 0 radical (unpaired) electrons. The van der Waals surface area contributed by atoms with E-state index in [-0.39, 0.29) is 11.3 Å². The number of carbonyl (C=O) groups excluding carboxylic acids is 2. The Morgan fingerprint density at radius 1 is 0.974 bits per heavy atom. The number of Topliss-reactive ketones (excluding diaryl/α,β-unsaturated/α-hetero) is 1. The Labute approximate surface area is 220 Å². The SMILES string of the molecule is COc1ccc(N2C(=O)C(=O)/C(=C(/O)c3ccc4c(c3)N(C)CCO4)C2c2cccc3ccccc23)cc1. The molecular formula is C31H26N2O5. The summed E-state index contributed by atoms with van der Waals surface area (Å²) in [5.41, 5.74) is 2.58. The minimum absolute atomic E-state index is 0.0431. The van der Waals surface area contributed by atoms with E-state index in [2.05, 4.69) is 0 Å². The number of anilines is 2. The third-order valence-electron chi connectivity index (χ3n) is 7.24. The average molecular weight is 507 g/mol. The molecule has 1 amide bonds. The number of amides is 1. The molecule has 0 aromatic heterocycles. The predicted octanol–water partition coefficient (Wildman–Crippen LogP) is 5.30. The van der Waals surface area contributed by atoms with Crippen LogP contribution in [0.15, 0.2) is 90.5 Å². The molecule has 1 atom stereocenters. The number of likely N-dealkylation sites (N-methyl/N-ethyl adjacent to an activating group) is 1. The molecule has 0 saturated carbocycles. The van der Waals surface area contributed by atoms with Crippen LogP contribution in [-0.2, 0) is 9.59 Å². The number of aliphatic hydroxyl groups is 1. The summed E-state index contributed by atoms with van der Waals surface area (Å²) in [6.45, 7) is 1.28. The third-order valence-corrected chi connectivity index (χ3v) is 7.24. The minimum Gasteiger partial charge on any atom is -0.507 e. The molecule has 4 aromatic rings. The standard InChI is InChI=1S/C31H26N2O5/c1-32-16-17-38-26-15-10-20(18-25(26)32)29(34)27-28(24-9-5-7-19-6-3-4-8-23(19)24)33(31(36)30(27)35)21-11-13-22(37-2)14-12-21/h3-15,18,28,34H,16-17H2,1-2H3/b29-27+. The van der Waals surface area contributed by atoms with Gasteiger partial charge in [0.2, 0.25) is 0 Å². The number of rotatable bonds is 4. The maximum atomic E-state index is 13.6. The van der Waals surface area contributed by atoms with Gasteiger partial charge in [-0.2, -0.15) is 0 Å². The van der Waals surface area contributed by atoms with Crippen molar-refractivity contribution in [3.05, 3.63) is 102 Å². The summed E-state index contributed by atoms with van der Waals surface area (Å²) in [6.07, 6.45) is 0. The zero-order valence-corrected chi connectivity index (χ0v) is 21.0. The molecule has 1 N–H and O–H groups in total. The molecule has 38 heavy (non-hydrogen) atoms. The highest BCUT2D eigenvalue weighted by Gasteiger charge is 2.47. The lowest BCUT2D eigenvalue weighted by molar-refractivity contribution is -0.132. The van der Waals surface area contributed by atoms with Crippen LogP contribution in [0.3, 0.4) is 0 Å². The summed E-state index contributed by atoms with van der Waals surface area (Å²) >= 11 is 0. The normalized spacial score (nSPS) is 18.4. The van der Waals surface area contributed by atoms with Crippen molar-refractivity contribution in [3.8, 4) is 11.5 Å². The number of carbonyl (C=O) groups is 2. The average Bonchev–Trinajstić information content (AvgIpc) is 3.22. The first-order valence-electron chi connectivity index (χ1n) is 12.4. The van der Waals surface area contributed by atoms with Crippen LogP contribution in [0.5, 0.6) is 11.5 Å². The fourth-order valence-corrected chi connectivity index (χ4v) is 5.28. The molecule has 0 aliphatic carbocycles. The van der Waals surface area contributed by atoms with Crippen molar-refractivity contribution in [2.45, 2.75) is 6.04 Å². The molecule has 7 nitrogen and oxygen atoms in total. The molecule has 0 bridgehead atoms. The van der Waals surface area contributed by atoms with Crippen molar-refractivity contribution in [2.24, 2.45) is 0 Å². The lowest BCUT2D eigenvalue weighted by Gasteiger charge is -2.28. The van der Waals surface area contributed by atoms with E-state index in [1.165, 1.54) is 4.90 Å². The number of methoxy groups -OCH3 is 1. The van der Waals surface area contributed by atoms with Gasteiger partial charge >= 0.3 is 0 Å². The predicted molar refractivity (Wildman–Crippen MR) is 147 cm³/mol. The molecule has 4 aromatic carbocycles. The number of aliphatic hydroxyl groups excluding tert-OH is 1. The van der Waals surface area contributed by atoms with E-state index in [1.54, 1.807) is 49.6 Å². The highest BCUT2D eigenvalue weighted by atomic mass is 16.5. The molecule has 0 spiro atoms. The first-order chi connectivity index (χ1) is 18.5. The summed E-state index contributed by atoms with van der Waals surface area (Å²) in [6, 6.07) is 25.0. The van der Waals surface area contributed by atoms with Crippen molar-refractivity contribution in [3.63, 3.8) is 0 Å². The summed E-state index contributed by atoms with van der Waals surface area (Å²) in [7, 11) is 3.52. The van der Waals surface area contributed by atoms with Gasteiger partial charge in [0.05, 0.1) is 31.0 Å². The van der Waals surface area contributed by atoms with Crippen LogP contribution in [0.25, 0.3) is 16.5 Å². The van der Waals surface area contributed by atoms with Crippen LogP contribution in [0, 0.1) is 0 Å². The second-order valence-corrected chi connectivity index (χ2v) is 9.39. The lowest BCUT2D eigenvalue weighted by Crippen LogP contribution is -2.29. The number of fused-ring (bicyclic) bond motifs is 2. The number of ether oxygens (including phenoxy) is 2. The Bertz CT molecular complexity index is 1600. The number of benzene rings is 4. The van der Waals surface area contributed by atoms with Gasteiger partial charge in [-0.25, -0.2) is 0 Å². The van der Waals surface area contributed by atoms with Crippen LogP contribution in [0.4, 0.5) is 11.4 Å². The Morgan fingerprint density at radius 3 is 2.53 bits per heavy atom. The van der Waals surface area contributed by atoms with E-state index >= 15 is 0 Å². The van der Waals surface area contributed by atoms with Gasteiger partial charge in [-0.15, -0.1) is 0 Å². The van der Waals surface area contributed by atoms with Crippen LogP contribution in [0.2, 0.25) is 0 Å². The summed E-state index contributed by atoms with van der Waals surface area (Å²) < 4.78 is 11.0. The minimum atomic E-state index is -0.834. The highest BCUT2D eigenvalue weighted by molar-refractivity contribution is 6.52. The first kappa shape index (κ1) is 23.6. The molecule has 7 heteroatoms. The Hall–Kier alpha value is -4.78. The van der Waals surface area contributed by atoms with E-state index in [1.807, 2.05) is 54.4 Å². The van der Waals surface area contributed by atoms with E-state index in [0.29, 0.717) is 35.9 Å². The Morgan fingerprint density at radius 2 is 1.74 bits per heavy atom. The van der Waals surface area contributed by atoms with E-state index in [0.717, 1.165) is 22.0 Å². The zero-order chi connectivity index (χ0) is 26.4. The largest absolute Gasteiger partial charge is 0.507 e. The van der Waals surface area contributed by atoms with Gasteiger partial charge in [0.25, 0.3) is 11.7 Å². The maximum absolute atomic E-state index is 13.6. The van der Waals surface area contributed by atoms with Gasteiger partial charge in [-0.05, 0) is 58.8 Å². The summed E-state index contributed by atoms with van der Waals surface area (Å²) in [5, 5.41) is 13.5. The third kappa shape index (κ3) is 3.75. The number of ketones is 1. The van der Waals surface area contributed by atoms with Crippen molar-refractivity contribution in [2.75, 3.05) is 37.1 Å². The smallest absolute Gasteiger partial charge is 0.300 e. The van der Waals surface area contributed by atoms with Crippen LogP contribution >= 0.6 is 0 Å². The second kappa shape index (κ2) is 9.27. The van der Waals surface area contributed by atoms with Crippen molar-refractivity contribution in [1.82, 2.24) is 0 Å². The lowest BCUT2D eigenvalue weighted by atomic mass is 9.91. The van der Waals surface area contributed by atoms with Gasteiger partial charge in [0.15, 0.2) is 0 Å². The van der Waals surface area contributed by atoms with Crippen LogP contribution in [-0.4, -0.2) is 44.1 Å². The maximum Gasteiger partial charge on any atom is 0.300 e. The van der Waals surface area contributed by atoms with Crippen LogP contribution < -0.4 is 19.3 Å². The summed E-state index contributed by atoms with van der Waals surface area (Å²) in [5.74, 6) is -0.322. The van der Waals surface area contributed by atoms with Gasteiger partial charge in [0, 0.05) is 18.3 Å². The summed E-state index contributed by atoms with van der Waals surface area (Å²) in [4.78, 5) is 30.7. The first-order valence-corrected chi connectivity index (χ1v) is 12.4. The molecular weight excluding hydrogens is 480 g/mol. The molecule has 190 valence electrons. The van der Waals surface area contributed by atoms with E-state index in [9.17, 15) is 14.7 Å². The monoisotopic (exact) mass is 506 g/mol. The van der Waals surface area contributed by atoms with Gasteiger partial charge < -0.3 is 19.5 Å². The van der Waals surface area contributed by atoms with E-state index in [4.69, 9.17) is 9.47 Å². The topological polar surface area (TPSA) is 79.3 Å². The fourth-order valence-electron chi connectivity index (χ4n) is 5.28. The number of hydrogen-bond donors (Lipinski definition) is 1. The van der Waals surface area contributed by atoms with Crippen molar-refractivity contribution >= 4 is 39.6 Å². The highest BCUT2D eigenvalue weighted by Crippen LogP contribution is 2.45. The molecule has 1 saturated heterocycles. The second-order valence-electron chi connectivity index (χ2n) is 9.39.